The Bertz CT molecular complexity index is 818. The number of carboxylic acid groups (broad SMARTS) is 1. The van der Waals surface area contributed by atoms with E-state index in [9.17, 15) is 9.59 Å². The maximum atomic E-state index is 12.6. The summed E-state index contributed by atoms with van der Waals surface area (Å²) in [5.41, 5.74) is 1.88. The Hall–Kier alpha value is -2.04. The number of aromatic nitrogens is 1. The molecule has 0 spiro atoms. The third-order valence-electron chi connectivity index (χ3n) is 3.35. The molecule has 0 aliphatic heterocycles. The molecule has 0 amide bonds. The fourth-order valence-electron chi connectivity index (χ4n) is 2.39. The first-order chi connectivity index (χ1) is 10.4. The van der Waals surface area contributed by atoms with Crippen molar-refractivity contribution in [3.05, 3.63) is 58.2 Å². The number of hydrogen-bond acceptors (Lipinski definition) is 2. The van der Waals surface area contributed by atoms with Crippen molar-refractivity contribution in [3.8, 4) is 0 Å². The summed E-state index contributed by atoms with van der Waals surface area (Å²) in [7, 11) is 0. The van der Waals surface area contributed by atoms with Crippen molar-refractivity contribution in [2.24, 2.45) is 0 Å². The first-order valence-electron chi connectivity index (χ1n) is 6.42. The van der Waals surface area contributed by atoms with Crippen LogP contribution in [0.1, 0.15) is 16.1 Å². The van der Waals surface area contributed by atoms with Crippen LogP contribution in [0.3, 0.4) is 0 Å². The molecule has 22 heavy (non-hydrogen) atoms. The number of ketones is 1. The lowest BCUT2D eigenvalue weighted by Gasteiger charge is -2.05. The van der Waals surface area contributed by atoms with Crippen LogP contribution >= 0.6 is 23.2 Å². The molecular weight excluding hydrogens is 325 g/mol. The predicted octanol–water partition coefficient (Wildman–Crippen LogP) is 4.09. The van der Waals surface area contributed by atoms with Crippen LogP contribution in [-0.4, -0.2) is 21.4 Å². The molecule has 6 heteroatoms. The van der Waals surface area contributed by atoms with E-state index in [4.69, 9.17) is 28.3 Å². The van der Waals surface area contributed by atoms with E-state index in [1.165, 1.54) is 0 Å². The summed E-state index contributed by atoms with van der Waals surface area (Å²) in [5.74, 6) is -2.04. The molecule has 0 radical (unpaired) electrons. The van der Waals surface area contributed by atoms with Gasteiger partial charge < -0.3 is 9.67 Å². The number of halogens is 2. The maximum absolute atomic E-state index is 12.6. The van der Waals surface area contributed by atoms with Crippen LogP contribution in [0.5, 0.6) is 0 Å². The summed E-state index contributed by atoms with van der Waals surface area (Å²) >= 11 is 11.4. The van der Waals surface area contributed by atoms with E-state index >= 15 is 0 Å². The van der Waals surface area contributed by atoms with Crippen LogP contribution in [0.15, 0.2) is 47.0 Å². The summed E-state index contributed by atoms with van der Waals surface area (Å²) in [6, 6.07) is 7.32. The minimum Gasteiger partial charge on any atom is -0.477 e. The molecule has 0 saturated heterocycles. The Morgan fingerprint density at radius 3 is 2.50 bits per heavy atom. The molecule has 1 N–H and O–H groups in total. The molecule has 0 aliphatic carbocycles. The van der Waals surface area contributed by atoms with Crippen LogP contribution in [0.2, 0.25) is 0 Å². The van der Waals surface area contributed by atoms with E-state index in [-0.39, 0.29) is 0 Å². The number of hydrogen-bond donors (Lipinski definition) is 1. The molecule has 0 saturated carbocycles. The number of carbonyl (C=O) groups excluding carboxylic acids is 1. The summed E-state index contributed by atoms with van der Waals surface area (Å²) in [6.07, 6.45) is 1.72. The average molecular weight is 338 g/mol. The van der Waals surface area contributed by atoms with Gasteiger partial charge in [0.15, 0.2) is 0 Å². The number of carbonyl (C=O) groups is 2. The van der Waals surface area contributed by atoms with Crippen molar-refractivity contribution in [2.45, 2.75) is 13.5 Å². The lowest BCUT2D eigenvalue weighted by molar-refractivity contribution is -0.131. The fourth-order valence-corrected chi connectivity index (χ4v) is 2.65. The van der Waals surface area contributed by atoms with Crippen molar-refractivity contribution in [1.82, 2.24) is 4.57 Å². The molecule has 0 atom stereocenters. The van der Waals surface area contributed by atoms with Gasteiger partial charge in [-0.15, -0.1) is 6.58 Å². The number of rotatable bonds is 5. The van der Waals surface area contributed by atoms with E-state index in [1.807, 2.05) is 16.7 Å². The van der Waals surface area contributed by atoms with Gasteiger partial charge in [0, 0.05) is 23.1 Å². The number of fused-ring (bicyclic) bond motifs is 1. The second-order valence-electron chi connectivity index (χ2n) is 4.64. The van der Waals surface area contributed by atoms with Gasteiger partial charge >= 0.3 is 5.97 Å². The van der Waals surface area contributed by atoms with Gasteiger partial charge in [0.05, 0.1) is 5.56 Å². The first-order valence-corrected chi connectivity index (χ1v) is 7.17. The van der Waals surface area contributed by atoms with Gasteiger partial charge in [-0.3, -0.25) is 4.79 Å². The average Bonchev–Trinajstić information content (AvgIpc) is 2.78. The van der Waals surface area contributed by atoms with Gasteiger partial charge in [0.1, 0.15) is 10.1 Å². The Morgan fingerprint density at radius 2 is 1.91 bits per heavy atom. The Kier molecular flexibility index (Phi) is 4.74. The fraction of sp³-hybridized carbons (Fsp3) is 0.125. The van der Waals surface area contributed by atoms with E-state index in [1.54, 1.807) is 25.1 Å². The standard InChI is InChI=1S/C16H13Cl2NO3/c1-3-8-19-9(2)12(10-6-4-5-7-11(10)19)15(20)13(17)14(18)16(21)22/h3-7H,1,8H2,2H3,(H,21,22). The van der Waals surface area contributed by atoms with Crippen LogP contribution in [0, 0.1) is 6.92 Å². The van der Waals surface area contributed by atoms with Crippen LogP contribution < -0.4 is 0 Å². The van der Waals surface area contributed by atoms with Gasteiger partial charge in [-0.1, -0.05) is 47.5 Å². The first kappa shape index (κ1) is 16.3. The van der Waals surface area contributed by atoms with Crippen molar-refractivity contribution in [2.75, 3.05) is 0 Å². The minimum absolute atomic E-state index is 0.349. The SMILES string of the molecule is C=CCn1c(C)c(C(=O)C(Cl)=C(Cl)C(=O)O)c2ccccc21. The smallest absolute Gasteiger partial charge is 0.349 e. The molecule has 2 aromatic rings. The highest BCUT2D eigenvalue weighted by Crippen LogP contribution is 2.30. The topological polar surface area (TPSA) is 59.3 Å². The number of Topliss-reactive ketones (excluding diaryl/α,β-unsaturated/α-hetero) is 1. The molecule has 4 nitrogen and oxygen atoms in total. The predicted molar refractivity (Wildman–Crippen MR) is 87.6 cm³/mol. The van der Waals surface area contributed by atoms with Crippen molar-refractivity contribution >= 4 is 45.9 Å². The number of benzene rings is 1. The Balaban J connectivity index is 2.73. The normalized spacial score (nSPS) is 12.1. The van der Waals surface area contributed by atoms with Crippen LogP contribution in [0.4, 0.5) is 0 Å². The van der Waals surface area contributed by atoms with Crippen molar-refractivity contribution < 1.29 is 14.7 Å². The van der Waals surface area contributed by atoms with Gasteiger partial charge in [-0.05, 0) is 13.0 Å². The lowest BCUT2D eigenvalue weighted by atomic mass is 10.1. The highest BCUT2D eigenvalue weighted by molar-refractivity contribution is 6.55. The minimum atomic E-state index is -1.44. The molecule has 2 rings (SSSR count). The lowest BCUT2D eigenvalue weighted by Crippen LogP contribution is -2.07. The molecule has 1 heterocycles. The molecule has 0 aliphatic rings. The summed E-state index contributed by atoms with van der Waals surface area (Å²) in [5, 5.41) is 8.38. The van der Waals surface area contributed by atoms with Crippen molar-refractivity contribution in [1.29, 1.82) is 0 Å². The Labute approximate surface area is 137 Å². The van der Waals surface area contributed by atoms with Gasteiger partial charge in [-0.2, -0.15) is 0 Å². The number of nitrogens with zero attached hydrogens (tertiary/aromatic N) is 1. The third kappa shape index (κ3) is 2.67. The molecule has 1 aromatic carbocycles. The number of aliphatic carboxylic acids is 1. The molecule has 1 aromatic heterocycles. The van der Waals surface area contributed by atoms with E-state index in [0.29, 0.717) is 23.2 Å². The highest BCUT2D eigenvalue weighted by atomic mass is 35.5. The van der Waals surface area contributed by atoms with E-state index in [0.717, 1.165) is 5.52 Å². The quantitative estimate of drug-likeness (QED) is 0.507. The summed E-state index contributed by atoms with van der Waals surface area (Å²) < 4.78 is 1.91. The number of allylic oxidation sites excluding steroid dienone is 2. The zero-order valence-electron chi connectivity index (χ0n) is 11.8. The number of carboxylic acids is 1. The van der Waals surface area contributed by atoms with Crippen LogP contribution in [-0.2, 0) is 11.3 Å². The monoisotopic (exact) mass is 337 g/mol. The molecule has 114 valence electrons. The molecule has 0 unspecified atom stereocenters. The molecular formula is C16H13Cl2NO3. The van der Waals surface area contributed by atoms with Crippen LogP contribution in [0.25, 0.3) is 10.9 Å². The summed E-state index contributed by atoms with van der Waals surface area (Å²) in [4.78, 5) is 23.5. The maximum Gasteiger partial charge on any atom is 0.349 e. The zero-order valence-corrected chi connectivity index (χ0v) is 13.3. The van der Waals surface area contributed by atoms with Crippen molar-refractivity contribution in [3.63, 3.8) is 0 Å². The molecule has 0 fully saturated rings. The van der Waals surface area contributed by atoms with Gasteiger partial charge in [0.25, 0.3) is 0 Å². The highest BCUT2D eigenvalue weighted by Gasteiger charge is 2.25. The Morgan fingerprint density at radius 1 is 1.27 bits per heavy atom. The van der Waals surface area contributed by atoms with E-state index < -0.39 is 21.8 Å². The largest absolute Gasteiger partial charge is 0.477 e. The third-order valence-corrected chi connectivity index (χ3v) is 4.16. The van der Waals surface area contributed by atoms with Gasteiger partial charge in [-0.25, -0.2) is 4.79 Å². The second-order valence-corrected chi connectivity index (χ2v) is 5.40. The number of para-hydroxylation sites is 1. The molecule has 0 bridgehead atoms. The van der Waals surface area contributed by atoms with E-state index in [2.05, 4.69) is 6.58 Å². The zero-order chi connectivity index (χ0) is 16.4. The second kappa shape index (κ2) is 6.38. The van der Waals surface area contributed by atoms with Gasteiger partial charge in [0.2, 0.25) is 5.78 Å². The summed E-state index contributed by atoms with van der Waals surface area (Å²) in [6.45, 7) is 6.00.